The highest BCUT2D eigenvalue weighted by Crippen LogP contribution is 2.21. The SMILES string of the molecule is COC1=CCC=CC(OC)=C1OC. The molecule has 0 radical (unpaired) electrons. The third kappa shape index (κ3) is 2.05. The van der Waals surface area contributed by atoms with Gasteiger partial charge in [-0.2, -0.15) is 0 Å². The van der Waals surface area contributed by atoms with E-state index in [4.69, 9.17) is 14.2 Å². The van der Waals surface area contributed by atoms with Crippen molar-refractivity contribution in [3.8, 4) is 0 Å². The van der Waals surface area contributed by atoms with Crippen LogP contribution in [0.15, 0.2) is 35.5 Å². The van der Waals surface area contributed by atoms with Gasteiger partial charge in [0.1, 0.15) is 0 Å². The summed E-state index contributed by atoms with van der Waals surface area (Å²) in [6, 6.07) is 0. The first kappa shape index (κ1) is 9.71. The molecule has 0 bridgehead atoms. The van der Waals surface area contributed by atoms with Crippen molar-refractivity contribution in [2.75, 3.05) is 21.3 Å². The Morgan fingerprint density at radius 1 is 1.08 bits per heavy atom. The topological polar surface area (TPSA) is 27.7 Å². The minimum absolute atomic E-state index is 0.638. The Kier molecular flexibility index (Phi) is 3.43. The van der Waals surface area contributed by atoms with Crippen molar-refractivity contribution in [1.82, 2.24) is 0 Å². The second-order valence-corrected chi connectivity index (χ2v) is 2.51. The standard InChI is InChI=1S/C10H14O3/c1-11-8-6-4-5-7-9(12-2)10(8)13-3/h4,6-7H,5H2,1-3H3. The molecule has 0 aromatic rings. The highest BCUT2D eigenvalue weighted by Gasteiger charge is 2.13. The maximum absolute atomic E-state index is 5.19. The molecule has 0 spiro atoms. The Hall–Kier alpha value is -1.38. The Balaban J connectivity index is 3.05. The van der Waals surface area contributed by atoms with Gasteiger partial charge in [-0.3, -0.25) is 0 Å². The molecule has 0 fully saturated rings. The Bertz CT molecular complexity index is 261. The second kappa shape index (κ2) is 4.60. The maximum Gasteiger partial charge on any atom is 0.202 e. The van der Waals surface area contributed by atoms with E-state index in [2.05, 4.69) is 0 Å². The molecular weight excluding hydrogens is 168 g/mol. The van der Waals surface area contributed by atoms with Gasteiger partial charge in [0.05, 0.1) is 21.3 Å². The van der Waals surface area contributed by atoms with Gasteiger partial charge in [-0.25, -0.2) is 0 Å². The van der Waals surface area contributed by atoms with Crippen LogP contribution in [0.1, 0.15) is 6.42 Å². The van der Waals surface area contributed by atoms with E-state index in [1.54, 1.807) is 21.3 Å². The van der Waals surface area contributed by atoms with Crippen molar-refractivity contribution < 1.29 is 14.2 Å². The van der Waals surface area contributed by atoms with Crippen LogP contribution in [0.4, 0.5) is 0 Å². The van der Waals surface area contributed by atoms with Gasteiger partial charge >= 0.3 is 0 Å². The van der Waals surface area contributed by atoms with Crippen LogP contribution in [0.5, 0.6) is 0 Å². The molecule has 3 nitrogen and oxygen atoms in total. The molecule has 0 N–H and O–H groups in total. The lowest BCUT2D eigenvalue weighted by atomic mass is 10.3. The van der Waals surface area contributed by atoms with Gasteiger partial charge in [-0.15, -0.1) is 0 Å². The molecular formula is C10H14O3. The predicted molar refractivity (Wildman–Crippen MR) is 49.9 cm³/mol. The lowest BCUT2D eigenvalue weighted by molar-refractivity contribution is 0.191. The molecule has 1 rings (SSSR count). The van der Waals surface area contributed by atoms with Crippen LogP contribution in [0.2, 0.25) is 0 Å². The van der Waals surface area contributed by atoms with Gasteiger partial charge < -0.3 is 14.2 Å². The smallest absolute Gasteiger partial charge is 0.202 e. The molecule has 0 aliphatic heterocycles. The zero-order chi connectivity index (χ0) is 9.68. The monoisotopic (exact) mass is 182 g/mol. The largest absolute Gasteiger partial charge is 0.493 e. The van der Waals surface area contributed by atoms with Gasteiger partial charge in [0.2, 0.25) is 5.76 Å². The molecule has 13 heavy (non-hydrogen) atoms. The number of hydrogen-bond donors (Lipinski definition) is 0. The highest BCUT2D eigenvalue weighted by atomic mass is 16.5. The van der Waals surface area contributed by atoms with E-state index in [1.807, 2.05) is 18.2 Å². The molecule has 0 saturated carbocycles. The predicted octanol–water partition coefficient (Wildman–Crippen LogP) is 1.98. The van der Waals surface area contributed by atoms with Gasteiger partial charge in [0, 0.05) is 0 Å². The lowest BCUT2D eigenvalue weighted by Gasteiger charge is -2.11. The second-order valence-electron chi connectivity index (χ2n) is 2.51. The summed E-state index contributed by atoms with van der Waals surface area (Å²) in [5, 5.41) is 0. The van der Waals surface area contributed by atoms with Crippen LogP contribution in [0.25, 0.3) is 0 Å². The quantitative estimate of drug-likeness (QED) is 0.668. The summed E-state index contributed by atoms with van der Waals surface area (Å²) in [7, 11) is 4.82. The third-order valence-corrected chi connectivity index (χ3v) is 1.80. The summed E-state index contributed by atoms with van der Waals surface area (Å²) in [6.07, 6.45) is 6.63. The number of hydrogen-bond acceptors (Lipinski definition) is 3. The van der Waals surface area contributed by atoms with E-state index >= 15 is 0 Å². The fourth-order valence-corrected chi connectivity index (χ4v) is 1.18. The molecule has 0 saturated heterocycles. The van der Waals surface area contributed by atoms with Gasteiger partial charge in [0.25, 0.3) is 0 Å². The van der Waals surface area contributed by atoms with Gasteiger partial charge in [0.15, 0.2) is 11.5 Å². The van der Waals surface area contributed by atoms with Crippen molar-refractivity contribution in [2.24, 2.45) is 0 Å². The average Bonchev–Trinajstić information content (AvgIpc) is 2.37. The Morgan fingerprint density at radius 2 is 1.85 bits per heavy atom. The first-order chi connectivity index (χ1) is 6.33. The zero-order valence-corrected chi connectivity index (χ0v) is 8.16. The van der Waals surface area contributed by atoms with Crippen LogP contribution in [0.3, 0.4) is 0 Å². The Labute approximate surface area is 78.3 Å². The van der Waals surface area contributed by atoms with Crippen molar-refractivity contribution in [2.45, 2.75) is 6.42 Å². The molecule has 0 aromatic heterocycles. The molecule has 0 unspecified atom stereocenters. The van der Waals surface area contributed by atoms with E-state index in [0.717, 1.165) is 6.42 Å². The van der Waals surface area contributed by atoms with Gasteiger partial charge in [-0.1, -0.05) is 6.08 Å². The number of allylic oxidation sites excluding steroid dienone is 3. The van der Waals surface area contributed by atoms with Crippen LogP contribution in [-0.2, 0) is 14.2 Å². The highest BCUT2D eigenvalue weighted by molar-refractivity contribution is 5.32. The third-order valence-electron chi connectivity index (χ3n) is 1.80. The van der Waals surface area contributed by atoms with Crippen LogP contribution >= 0.6 is 0 Å². The van der Waals surface area contributed by atoms with Crippen molar-refractivity contribution in [1.29, 1.82) is 0 Å². The summed E-state index contributed by atoms with van der Waals surface area (Å²) >= 11 is 0. The summed E-state index contributed by atoms with van der Waals surface area (Å²) in [6.45, 7) is 0. The summed E-state index contributed by atoms with van der Waals surface area (Å²) < 4.78 is 15.5. The van der Waals surface area contributed by atoms with Crippen LogP contribution < -0.4 is 0 Å². The molecule has 1 aliphatic rings. The van der Waals surface area contributed by atoms with E-state index in [9.17, 15) is 0 Å². The fourth-order valence-electron chi connectivity index (χ4n) is 1.18. The van der Waals surface area contributed by atoms with Crippen LogP contribution in [0, 0.1) is 0 Å². The fraction of sp³-hybridized carbons (Fsp3) is 0.400. The summed E-state index contributed by atoms with van der Waals surface area (Å²) in [5.41, 5.74) is 0. The number of ether oxygens (including phenoxy) is 3. The van der Waals surface area contributed by atoms with Gasteiger partial charge in [-0.05, 0) is 18.6 Å². The molecule has 72 valence electrons. The molecule has 0 heterocycles. The number of rotatable bonds is 3. The van der Waals surface area contributed by atoms with Crippen molar-refractivity contribution in [3.05, 3.63) is 35.5 Å². The van der Waals surface area contributed by atoms with E-state index < -0.39 is 0 Å². The molecule has 0 aromatic carbocycles. The molecule has 0 amide bonds. The zero-order valence-electron chi connectivity index (χ0n) is 8.16. The average molecular weight is 182 g/mol. The first-order valence-electron chi connectivity index (χ1n) is 4.06. The molecule has 0 atom stereocenters. The summed E-state index contributed by atoms with van der Waals surface area (Å²) in [4.78, 5) is 0. The maximum atomic E-state index is 5.19. The minimum atomic E-state index is 0.638. The molecule has 3 heteroatoms. The van der Waals surface area contributed by atoms with E-state index in [-0.39, 0.29) is 0 Å². The minimum Gasteiger partial charge on any atom is -0.493 e. The first-order valence-corrected chi connectivity index (χ1v) is 4.06. The van der Waals surface area contributed by atoms with Crippen molar-refractivity contribution in [3.63, 3.8) is 0 Å². The normalized spacial score (nSPS) is 16.4. The van der Waals surface area contributed by atoms with E-state index in [0.29, 0.717) is 17.3 Å². The number of methoxy groups -OCH3 is 3. The van der Waals surface area contributed by atoms with Crippen LogP contribution in [-0.4, -0.2) is 21.3 Å². The molecule has 1 aliphatic carbocycles. The van der Waals surface area contributed by atoms with E-state index in [1.165, 1.54) is 0 Å². The van der Waals surface area contributed by atoms with Crippen molar-refractivity contribution >= 4 is 0 Å². The lowest BCUT2D eigenvalue weighted by Crippen LogP contribution is -1.99. The summed E-state index contributed by atoms with van der Waals surface area (Å²) in [5.74, 6) is 2.04. The Morgan fingerprint density at radius 3 is 2.38 bits per heavy atom.